The lowest BCUT2D eigenvalue weighted by Crippen LogP contribution is -2.41. The standard InChI is InChI=1S/C19H30N4O4/c1-14(25)20-16-4-5-18(27-3)17(12-16)21-19(26)22(2)13-15-6-8-23(9-7-15)10-11-24/h4-5,12,15,24H,6-11,13H2,1-3H3,(H,20,25)(H,21,26). The van der Waals surface area contributed by atoms with Gasteiger partial charge in [-0.15, -0.1) is 0 Å². The Labute approximate surface area is 160 Å². The van der Waals surface area contributed by atoms with Crippen LogP contribution in [0.3, 0.4) is 0 Å². The van der Waals surface area contributed by atoms with Crippen LogP contribution in [0.25, 0.3) is 0 Å². The Bertz CT molecular complexity index is 645. The van der Waals surface area contributed by atoms with Gasteiger partial charge in [0.05, 0.1) is 19.4 Å². The summed E-state index contributed by atoms with van der Waals surface area (Å²) in [6, 6.07) is 4.89. The van der Waals surface area contributed by atoms with Gasteiger partial charge >= 0.3 is 6.03 Å². The number of aliphatic hydroxyl groups is 1. The molecule has 1 aromatic carbocycles. The average molecular weight is 378 g/mol. The first-order valence-corrected chi connectivity index (χ1v) is 9.24. The molecule has 27 heavy (non-hydrogen) atoms. The Kier molecular flexibility index (Phi) is 7.87. The second-order valence-corrected chi connectivity index (χ2v) is 6.92. The van der Waals surface area contributed by atoms with Crippen molar-refractivity contribution in [2.24, 2.45) is 5.92 Å². The van der Waals surface area contributed by atoms with Crippen molar-refractivity contribution in [1.29, 1.82) is 0 Å². The maximum atomic E-state index is 12.6. The fraction of sp³-hybridized carbons (Fsp3) is 0.579. The van der Waals surface area contributed by atoms with Crippen LogP contribution in [0.5, 0.6) is 5.75 Å². The van der Waals surface area contributed by atoms with E-state index in [-0.39, 0.29) is 18.5 Å². The van der Waals surface area contributed by atoms with Gasteiger partial charge in [0.2, 0.25) is 5.91 Å². The van der Waals surface area contributed by atoms with E-state index in [1.165, 1.54) is 14.0 Å². The lowest BCUT2D eigenvalue weighted by atomic mass is 9.96. The van der Waals surface area contributed by atoms with Crippen LogP contribution in [0, 0.1) is 5.92 Å². The van der Waals surface area contributed by atoms with Gasteiger partial charge in [-0.05, 0) is 50.0 Å². The van der Waals surface area contributed by atoms with Crippen LogP contribution in [0.2, 0.25) is 0 Å². The van der Waals surface area contributed by atoms with Crippen molar-refractivity contribution in [2.45, 2.75) is 19.8 Å². The normalized spacial score (nSPS) is 15.3. The van der Waals surface area contributed by atoms with Crippen molar-refractivity contribution in [2.75, 3.05) is 57.6 Å². The molecule has 0 spiro atoms. The highest BCUT2D eigenvalue weighted by Crippen LogP contribution is 2.28. The number of rotatable bonds is 7. The van der Waals surface area contributed by atoms with Crippen LogP contribution in [0.15, 0.2) is 18.2 Å². The van der Waals surface area contributed by atoms with Gasteiger partial charge in [0.15, 0.2) is 0 Å². The van der Waals surface area contributed by atoms with Gasteiger partial charge < -0.3 is 30.3 Å². The minimum absolute atomic E-state index is 0.179. The Morgan fingerprint density at radius 3 is 2.59 bits per heavy atom. The van der Waals surface area contributed by atoms with Crippen LogP contribution in [0.1, 0.15) is 19.8 Å². The molecule has 1 heterocycles. The van der Waals surface area contributed by atoms with Gasteiger partial charge in [0, 0.05) is 32.7 Å². The van der Waals surface area contributed by atoms with E-state index < -0.39 is 0 Å². The molecule has 0 saturated carbocycles. The summed E-state index contributed by atoms with van der Waals surface area (Å²) >= 11 is 0. The number of anilines is 2. The highest BCUT2D eigenvalue weighted by Gasteiger charge is 2.22. The lowest BCUT2D eigenvalue weighted by Gasteiger charge is -2.33. The van der Waals surface area contributed by atoms with Crippen molar-refractivity contribution in [3.8, 4) is 5.75 Å². The highest BCUT2D eigenvalue weighted by molar-refractivity contribution is 5.94. The molecule has 1 aliphatic rings. The van der Waals surface area contributed by atoms with E-state index in [1.54, 1.807) is 30.1 Å². The minimum atomic E-state index is -0.217. The number of benzene rings is 1. The molecule has 0 aromatic heterocycles. The number of hydrogen-bond acceptors (Lipinski definition) is 5. The summed E-state index contributed by atoms with van der Waals surface area (Å²) in [6.07, 6.45) is 2.03. The summed E-state index contributed by atoms with van der Waals surface area (Å²) < 4.78 is 5.30. The number of ether oxygens (including phenoxy) is 1. The number of nitrogens with zero attached hydrogens (tertiary/aromatic N) is 2. The van der Waals surface area contributed by atoms with Crippen LogP contribution in [-0.2, 0) is 4.79 Å². The largest absolute Gasteiger partial charge is 0.495 e. The SMILES string of the molecule is COc1ccc(NC(C)=O)cc1NC(=O)N(C)CC1CCN(CCO)CC1. The Balaban J connectivity index is 1.93. The van der Waals surface area contributed by atoms with Crippen molar-refractivity contribution in [3.05, 3.63) is 18.2 Å². The first-order valence-electron chi connectivity index (χ1n) is 9.24. The number of piperidine rings is 1. The maximum Gasteiger partial charge on any atom is 0.321 e. The Hall–Kier alpha value is -2.32. The number of β-amino-alcohol motifs (C(OH)–C–C–N with tert-alkyl or cyclic N) is 1. The third-order valence-corrected chi connectivity index (χ3v) is 4.76. The number of amides is 3. The van der Waals surface area contributed by atoms with E-state index in [4.69, 9.17) is 9.84 Å². The van der Waals surface area contributed by atoms with Gasteiger partial charge in [-0.3, -0.25) is 4.79 Å². The van der Waals surface area contributed by atoms with Crippen LogP contribution in [0.4, 0.5) is 16.2 Å². The zero-order valence-electron chi connectivity index (χ0n) is 16.3. The number of nitrogens with one attached hydrogen (secondary N) is 2. The predicted octanol–water partition coefficient (Wildman–Crippen LogP) is 1.82. The van der Waals surface area contributed by atoms with Gasteiger partial charge in [-0.2, -0.15) is 0 Å². The summed E-state index contributed by atoms with van der Waals surface area (Å²) in [5.74, 6) is 0.800. The van der Waals surface area contributed by atoms with E-state index in [0.717, 1.165) is 25.9 Å². The topological polar surface area (TPSA) is 94.1 Å². The van der Waals surface area contributed by atoms with Gasteiger partial charge in [-0.25, -0.2) is 4.79 Å². The number of carbonyl (C=O) groups is 2. The first-order chi connectivity index (χ1) is 12.9. The Morgan fingerprint density at radius 1 is 1.30 bits per heavy atom. The predicted molar refractivity (Wildman–Crippen MR) is 105 cm³/mol. The molecule has 3 N–H and O–H groups in total. The third-order valence-electron chi connectivity index (χ3n) is 4.76. The maximum absolute atomic E-state index is 12.6. The summed E-state index contributed by atoms with van der Waals surface area (Å²) in [7, 11) is 3.31. The first kappa shape index (κ1) is 21.0. The van der Waals surface area contributed by atoms with Gasteiger partial charge in [0.25, 0.3) is 0 Å². The molecule has 0 atom stereocenters. The minimum Gasteiger partial charge on any atom is -0.495 e. The quantitative estimate of drug-likeness (QED) is 0.673. The molecule has 0 aliphatic carbocycles. The number of methoxy groups -OCH3 is 1. The second kappa shape index (κ2) is 10.1. The molecule has 1 aromatic rings. The third kappa shape index (κ3) is 6.41. The molecule has 0 radical (unpaired) electrons. The lowest BCUT2D eigenvalue weighted by molar-refractivity contribution is -0.114. The highest BCUT2D eigenvalue weighted by atomic mass is 16.5. The molecule has 3 amide bonds. The monoisotopic (exact) mass is 378 g/mol. The second-order valence-electron chi connectivity index (χ2n) is 6.92. The zero-order chi connectivity index (χ0) is 19.8. The number of urea groups is 1. The van der Waals surface area contributed by atoms with Crippen molar-refractivity contribution in [3.63, 3.8) is 0 Å². The number of likely N-dealkylation sites (tertiary alicyclic amines) is 1. The number of aliphatic hydroxyl groups excluding tert-OH is 1. The molecule has 1 aliphatic heterocycles. The Morgan fingerprint density at radius 2 is 2.00 bits per heavy atom. The van der Waals surface area contributed by atoms with Crippen molar-refractivity contribution in [1.82, 2.24) is 9.80 Å². The van der Waals surface area contributed by atoms with Crippen LogP contribution in [-0.4, -0.2) is 73.8 Å². The molecule has 150 valence electrons. The molecule has 1 fully saturated rings. The summed E-state index contributed by atoms with van der Waals surface area (Å²) in [5, 5.41) is 14.6. The molecular weight excluding hydrogens is 348 g/mol. The smallest absolute Gasteiger partial charge is 0.321 e. The molecule has 0 bridgehead atoms. The van der Waals surface area contributed by atoms with E-state index in [9.17, 15) is 9.59 Å². The van der Waals surface area contributed by atoms with Gasteiger partial charge in [-0.1, -0.05) is 0 Å². The van der Waals surface area contributed by atoms with Crippen molar-refractivity contribution >= 4 is 23.3 Å². The molecule has 0 unspecified atom stereocenters. The molecule has 8 nitrogen and oxygen atoms in total. The van der Waals surface area contributed by atoms with Crippen LogP contribution >= 0.6 is 0 Å². The van der Waals surface area contributed by atoms with E-state index >= 15 is 0 Å². The fourth-order valence-electron chi connectivity index (χ4n) is 3.30. The van der Waals surface area contributed by atoms with Gasteiger partial charge in [0.1, 0.15) is 5.75 Å². The number of hydrogen-bond donors (Lipinski definition) is 3. The molecular formula is C19H30N4O4. The zero-order valence-corrected chi connectivity index (χ0v) is 16.3. The fourth-order valence-corrected chi connectivity index (χ4v) is 3.30. The summed E-state index contributed by atoms with van der Waals surface area (Å²) in [5.41, 5.74) is 1.11. The van der Waals surface area contributed by atoms with E-state index in [2.05, 4.69) is 15.5 Å². The molecule has 2 rings (SSSR count). The molecule has 1 saturated heterocycles. The van der Waals surface area contributed by atoms with Crippen LogP contribution < -0.4 is 15.4 Å². The van der Waals surface area contributed by atoms with E-state index in [0.29, 0.717) is 36.1 Å². The summed E-state index contributed by atoms with van der Waals surface area (Å²) in [6.45, 7) is 4.91. The number of carbonyl (C=O) groups excluding carboxylic acids is 2. The van der Waals surface area contributed by atoms with Crippen molar-refractivity contribution < 1.29 is 19.4 Å². The average Bonchev–Trinajstić information content (AvgIpc) is 2.63. The van der Waals surface area contributed by atoms with E-state index in [1.807, 2.05) is 0 Å². The summed E-state index contributed by atoms with van der Waals surface area (Å²) in [4.78, 5) is 27.7. The molecule has 8 heteroatoms.